The van der Waals surface area contributed by atoms with Crippen LogP contribution >= 0.6 is 0 Å². The molecule has 4 fully saturated rings. The molecule has 3 saturated carbocycles. The SMILES string of the molecule is CCCN[C@H](CO[C@H]1[C@H](n2nnc(N)n2)CC23COC[C@@]1(C)[C@@H]2CC[C@H]1C3=CC[C@@]2(C)[C@H](C(=O)O)[C@@](C)([C@H](C)C(C)C)CC[C@]12C)C(C)(C)C. The lowest BCUT2D eigenvalue weighted by Crippen LogP contribution is -2.69. The number of allylic oxidation sites excluding steroid dienone is 1. The maximum absolute atomic E-state index is 13.5. The number of carboxylic acid groups (broad SMARTS) is 1. The normalized spacial score (nSPS) is 42.6. The molecule has 1 aliphatic heterocycles. The maximum Gasteiger partial charge on any atom is 0.307 e. The van der Waals surface area contributed by atoms with E-state index in [4.69, 9.17) is 15.2 Å². The zero-order valence-electron chi connectivity index (χ0n) is 33.0. The Morgan fingerprint density at radius 3 is 2.46 bits per heavy atom. The lowest BCUT2D eigenvalue weighted by atomic mass is 9.34. The van der Waals surface area contributed by atoms with Gasteiger partial charge in [0.2, 0.25) is 0 Å². The highest BCUT2D eigenvalue weighted by Crippen LogP contribution is 2.75. The van der Waals surface area contributed by atoms with Crippen LogP contribution in [0.3, 0.4) is 0 Å². The fourth-order valence-corrected chi connectivity index (χ4v) is 12.6. The minimum Gasteiger partial charge on any atom is -0.481 e. The quantitative estimate of drug-likeness (QED) is 0.217. The Balaban J connectivity index is 1.42. The van der Waals surface area contributed by atoms with Gasteiger partial charge in [0.15, 0.2) is 0 Å². The predicted octanol–water partition coefficient (Wildman–Crippen LogP) is 7.18. The van der Waals surface area contributed by atoms with Crippen molar-refractivity contribution >= 4 is 11.9 Å². The number of hydrogen-bond acceptors (Lipinski definition) is 8. The molecule has 6 rings (SSSR count). The summed E-state index contributed by atoms with van der Waals surface area (Å²) >= 11 is 0. The van der Waals surface area contributed by atoms with Crippen LogP contribution in [0.2, 0.25) is 0 Å². The zero-order chi connectivity index (χ0) is 36.7. The van der Waals surface area contributed by atoms with Gasteiger partial charge in [-0.05, 0) is 102 Å². The van der Waals surface area contributed by atoms with Crippen LogP contribution in [0.1, 0.15) is 127 Å². The fraction of sp³-hybridized carbons (Fsp3) is 0.900. The lowest BCUT2D eigenvalue weighted by molar-refractivity contribution is -0.253. The summed E-state index contributed by atoms with van der Waals surface area (Å²) in [5, 5.41) is 28.1. The molecule has 1 aromatic rings. The van der Waals surface area contributed by atoms with Crippen LogP contribution in [0, 0.1) is 62.1 Å². The molecular weight excluding hydrogens is 628 g/mol. The summed E-state index contributed by atoms with van der Waals surface area (Å²) in [6.45, 7) is 28.0. The molecule has 5 aliphatic rings. The average molecular weight is 697 g/mol. The lowest BCUT2D eigenvalue weighted by Gasteiger charge is -2.71. The number of nitrogens with two attached hydrogens (primary N) is 1. The monoisotopic (exact) mass is 697 g/mol. The van der Waals surface area contributed by atoms with Crippen molar-refractivity contribution in [2.24, 2.45) is 62.1 Å². The van der Waals surface area contributed by atoms with Gasteiger partial charge >= 0.3 is 5.97 Å². The number of aliphatic carboxylic acids is 1. The van der Waals surface area contributed by atoms with Gasteiger partial charge in [-0.2, -0.15) is 4.80 Å². The van der Waals surface area contributed by atoms with Gasteiger partial charge in [-0.25, -0.2) is 0 Å². The maximum atomic E-state index is 13.5. The Morgan fingerprint density at radius 1 is 1.14 bits per heavy atom. The number of tetrazole rings is 1. The molecule has 0 radical (unpaired) electrons. The predicted molar refractivity (Wildman–Crippen MR) is 196 cm³/mol. The fourth-order valence-electron chi connectivity index (χ4n) is 12.6. The molecule has 0 spiro atoms. The highest BCUT2D eigenvalue weighted by atomic mass is 16.5. The Labute approximate surface area is 301 Å². The summed E-state index contributed by atoms with van der Waals surface area (Å²) in [4.78, 5) is 15.2. The number of nitrogens with one attached hydrogen (secondary N) is 1. The van der Waals surface area contributed by atoms with E-state index in [0.29, 0.717) is 43.5 Å². The third kappa shape index (κ3) is 5.50. The Hall–Kier alpha value is -2.04. The van der Waals surface area contributed by atoms with E-state index in [-0.39, 0.29) is 56.6 Å². The van der Waals surface area contributed by atoms with Crippen molar-refractivity contribution in [1.82, 2.24) is 25.5 Å². The third-order valence-corrected chi connectivity index (χ3v) is 16.0. The number of nitrogens with zero attached hydrogens (tertiary/aromatic N) is 4. The number of carboxylic acids is 1. The first-order valence-electron chi connectivity index (χ1n) is 19.7. The second-order valence-corrected chi connectivity index (χ2v) is 19.7. The molecule has 1 aromatic heterocycles. The molecule has 282 valence electrons. The van der Waals surface area contributed by atoms with E-state index in [9.17, 15) is 9.90 Å². The number of anilines is 1. The molecule has 2 heterocycles. The van der Waals surface area contributed by atoms with E-state index in [2.05, 4.69) is 103 Å². The van der Waals surface area contributed by atoms with Crippen molar-refractivity contribution in [2.45, 2.75) is 139 Å². The molecule has 4 N–H and O–H groups in total. The molecule has 10 nitrogen and oxygen atoms in total. The number of fused-ring (bicyclic) bond motifs is 3. The van der Waals surface area contributed by atoms with Gasteiger partial charge in [-0.15, -0.1) is 5.10 Å². The highest BCUT2D eigenvalue weighted by Gasteiger charge is 2.72. The first kappa shape index (κ1) is 37.7. The molecule has 12 atom stereocenters. The van der Waals surface area contributed by atoms with Gasteiger partial charge in [0.25, 0.3) is 5.95 Å². The highest BCUT2D eigenvalue weighted by molar-refractivity contribution is 5.73. The molecule has 1 unspecified atom stereocenters. The van der Waals surface area contributed by atoms with Gasteiger partial charge in [0, 0.05) is 16.9 Å². The summed E-state index contributed by atoms with van der Waals surface area (Å²) < 4.78 is 13.9. The largest absolute Gasteiger partial charge is 0.481 e. The van der Waals surface area contributed by atoms with Crippen molar-refractivity contribution < 1.29 is 19.4 Å². The van der Waals surface area contributed by atoms with Crippen molar-refractivity contribution in [3.63, 3.8) is 0 Å². The molecular formula is C40H68N6O4. The summed E-state index contributed by atoms with van der Waals surface area (Å²) in [5.74, 6) is 0.525. The van der Waals surface area contributed by atoms with Crippen LogP contribution in [0.25, 0.3) is 0 Å². The summed E-state index contributed by atoms with van der Waals surface area (Å²) in [5.41, 5.74) is 6.35. The summed E-state index contributed by atoms with van der Waals surface area (Å²) in [6.07, 6.45) is 9.05. The van der Waals surface area contributed by atoms with Crippen LogP contribution in [0.4, 0.5) is 5.95 Å². The number of hydrogen-bond donors (Lipinski definition) is 3. The number of ether oxygens (including phenoxy) is 2. The van der Waals surface area contributed by atoms with Crippen LogP contribution in [-0.2, 0) is 14.3 Å². The van der Waals surface area contributed by atoms with Gasteiger partial charge in [0.1, 0.15) is 6.04 Å². The van der Waals surface area contributed by atoms with Crippen LogP contribution in [0.5, 0.6) is 0 Å². The van der Waals surface area contributed by atoms with Gasteiger partial charge in [-0.3, -0.25) is 4.79 Å². The number of aromatic nitrogens is 4. The van der Waals surface area contributed by atoms with E-state index in [1.54, 1.807) is 4.80 Å². The second-order valence-electron chi connectivity index (χ2n) is 19.7. The number of carbonyl (C=O) groups is 1. The van der Waals surface area contributed by atoms with Gasteiger partial charge < -0.3 is 25.6 Å². The molecule has 10 heteroatoms. The van der Waals surface area contributed by atoms with Crippen molar-refractivity contribution in [1.29, 1.82) is 0 Å². The molecule has 1 saturated heterocycles. The van der Waals surface area contributed by atoms with Crippen molar-refractivity contribution in [3.05, 3.63) is 11.6 Å². The molecule has 2 bridgehead atoms. The van der Waals surface area contributed by atoms with Gasteiger partial charge in [-0.1, -0.05) is 92.9 Å². The van der Waals surface area contributed by atoms with Crippen molar-refractivity contribution in [2.75, 3.05) is 32.1 Å². The Bertz CT molecular complexity index is 1450. The Morgan fingerprint density at radius 2 is 1.86 bits per heavy atom. The first-order valence-corrected chi connectivity index (χ1v) is 19.7. The van der Waals surface area contributed by atoms with E-state index >= 15 is 0 Å². The van der Waals surface area contributed by atoms with E-state index in [0.717, 1.165) is 51.5 Å². The minimum absolute atomic E-state index is 0.0207. The topological polar surface area (TPSA) is 137 Å². The Kier molecular flexibility index (Phi) is 9.67. The smallest absolute Gasteiger partial charge is 0.307 e. The van der Waals surface area contributed by atoms with Crippen LogP contribution < -0.4 is 11.1 Å². The summed E-state index contributed by atoms with van der Waals surface area (Å²) in [6, 6.07) is 0.0227. The van der Waals surface area contributed by atoms with E-state index in [1.807, 2.05) is 0 Å². The van der Waals surface area contributed by atoms with Gasteiger partial charge in [0.05, 0.1) is 31.8 Å². The average Bonchev–Trinajstić information content (AvgIpc) is 3.46. The molecule has 4 aliphatic carbocycles. The molecule has 0 amide bonds. The summed E-state index contributed by atoms with van der Waals surface area (Å²) in [7, 11) is 0. The molecule has 0 aromatic carbocycles. The third-order valence-electron chi connectivity index (χ3n) is 16.0. The van der Waals surface area contributed by atoms with E-state index in [1.165, 1.54) is 5.57 Å². The minimum atomic E-state index is -0.625. The number of nitrogen functional groups attached to an aromatic ring is 1. The molecule has 50 heavy (non-hydrogen) atoms. The van der Waals surface area contributed by atoms with Crippen LogP contribution in [0.15, 0.2) is 11.6 Å². The number of rotatable bonds is 10. The zero-order valence-corrected chi connectivity index (χ0v) is 33.0. The van der Waals surface area contributed by atoms with Crippen LogP contribution in [-0.4, -0.2) is 69.8 Å². The standard InChI is InChI=1S/C40H68N6O4/c1-12-19-42-30(35(5,6)7)21-50-32-28(46-44-34(41)43-45-46)20-40-23-49-22-37(32,9)29(40)14-13-26-27(40)15-16-39(11)31(33(47)48)36(8,25(4)24(2)3)17-18-38(26,39)10/h15,24-26,28-32,42H,12-14,16-23H2,1-11H3,(H2,41,44)(H,47,48)/t25-,26+,28-,29+,30-,31-,32+,36-,37+,38-,39+,40?/m1/s1. The second kappa shape index (κ2) is 12.8. The van der Waals surface area contributed by atoms with E-state index < -0.39 is 11.9 Å². The van der Waals surface area contributed by atoms with Crippen molar-refractivity contribution in [3.8, 4) is 0 Å². The first-order chi connectivity index (χ1) is 23.3.